The molecular formula is C33H39N9O2. The van der Waals surface area contributed by atoms with Gasteiger partial charge in [-0.15, -0.1) is 0 Å². The van der Waals surface area contributed by atoms with E-state index in [0.29, 0.717) is 24.2 Å². The molecule has 2 fully saturated rings. The SMILES string of the molecule is CO[C@H]1CC[C@H](NC(=O)c2cnn3ccc(C4=CCc5nc(NCc6ccc(N7CCN(C)CC7)nc6)ncc54)cc23)CC1. The summed E-state index contributed by atoms with van der Waals surface area (Å²) in [6.07, 6.45) is 14.4. The molecule has 7 rings (SSSR count). The van der Waals surface area contributed by atoms with Gasteiger partial charge in [0, 0.05) is 76.5 Å². The Kier molecular flexibility index (Phi) is 7.97. The molecule has 0 bridgehead atoms. The van der Waals surface area contributed by atoms with Gasteiger partial charge in [-0.3, -0.25) is 4.79 Å². The summed E-state index contributed by atoms with van der Waals surface area (Å²) in [5.74, 6) is 1.55. The first-order valence-electron chi connectivity index (χ1n) is 15.5. The number of anilines is 2. The summed E-state index contributed by atoms with van der Waals surface area (Å²) in [5.41, 5.74) is 6.54. The second kappa shape index (κ2) is 12.3. The molecule has 1 saturated carbocycles. The third-order valence-electron chi connectivity index (χ3n) is 9.16. The predicted octanol–water partition coefficient (Wildman–Crippen LogP) is 3.56. The standard InChI is InChI=1S/C33H39N9O2/c1-40-13-15-41(16-14-40)31-10-3-22(18-34-31)19-35-33-36-20-27-26(8-9-29(27)39-33)23-11-12-42-30(17-23)28(21-37-42)32(43)38-24-4-6-25(44-2)7-5-24/h3,8,10-12,17-18,20-21,24-25H,4-7,9,13-16,19H2,1-2H3,(H,38,43)(H,35,36,39)/t24-,25-. The lowest BCUT2D eigenvalue weighted by Gasteiger charge is -2.33. The summed E-state index contributed by atoms with van der Waals surface area (Å²) in [4.78, 5) is 32.0. The number of hydrogen-bond acceptors (Lipinski definition) is 9. The van der Waals surface area contributed by atoms with Crippen LogP contribution in [0.4, 0.5) is 11.8 Å². The summed E-state index contributed by atoms with van der Waals surface area (Å²) in [6.45, 7) is 4.73. The number of rotatable bonds is 8. The quantitative estimate of drug-likeness (QED) is 0.317. The third-order valence-corrected chi connectivity index (χ3v) is 9.16. The van der Waals surface area contributed by atoms with Gasteiger partial charge in [-0.2, -0.15) is 5.10 Å². The van der Waals surface area contributed by atoms with Crippen LogP contribution in [-0.4, -0.2) is 87.9 Å². The van der Waals surface area contributed by atoms with Crippen LogP contribution < -0.4 is 15.5 Å². The van der Waals surface area contributed by atoms with Gasteiger partial charge in [0.05, 0.1) is 29.1 Å². The number of methoxy groups -OCH3 is 1. The molecule has 228 valence electrons. The molecule has 1 amide bonds. The highest BCUT2D eigenvalue weighted by Crippen LogP contribution is 2.33. The number of allylic oxidation sites excluding steroid dienone is 1. The molecule has 1 saturated heterocycles. The minimum Gasteiger partial charge on any atom is -0.381 e. The fourth-order valence-electron chi connectivity index (χ4n) is 6.42. The average molecular weight is 594 g/mol. The van der Waals surface area contributed by atoms with Gasteiger partial charge in [0.25, 0.3) is 5.91 Å². The van der Waals surface area contributed by atoms with Crippen LogP contribution in [0.1, 0.15) is 58.4 Å². The van der Waals surface area contributed by atoms with Gasteiger partial charge in [0.2, 0.25) is 5.95 Å². The number of nitrogens with one attached hydrogen (secondary N) is 2. The first-order chi connectivity index (χ1) is 21.5. The summed E-state index contributed by atoms with van der Waals surface area (Å²) in [7, 11) is 3.92. The van der Waals surface area contributed by atoms with Crippen molar-refractivity contribution in [2.75, 3.05) is 50.6 Å². The van der Waals surface area contributed by atoms with Crippen molar-refractivity contribution < 1.29 is 9.53 Å². The smallest absolute Gasteiger partial charge is 0.255 e. The lowest BCUT2D eigenvalue weighted by Crippen LogP contribution is -2.44. The summed E-state index contributed by atoms with van der Waals surface area (Å²) in [5, 5.41) is 11.0. The van der Waals surface area contributed by atoms with E-state index in [1.165, 1.54) is 0 Å². The number of amides is 1. The van der Waals surface area contributed by atoms with E-state index in [2.05, 4.69) is 55.8 Å². The number of hydrogen-bond donors (Lipinski definition) is 2. The van der Waals surface area contributed by atoms with Crippen LogP contribution in [0.5, 0.6) is 0 Å². The number of aromatic nitrogens is 5. The second-order valence-corrected chi connectivity index (χ2v) is 12.0. The Morgan fingerprint density at radius 2 is 1.86 bits per heavy atom. The number of carbonyl (C=O) groups excluding carboxylic acids is 1. The molecule has 0 unspecified atom stereocenters. The van der Waals surface area contributed by atoms with Gasteiger partial charge >= 0.3 is 0 Å². The van der Waals surface area contributed by atoms with E-state index >= 15 is 0 Å². The van der Waals surface area contributed by atoms with Gasteiger partial charge < -0.3 is 25.2 Å². The Morgan fingerprint density at radius 3 is 2.64 bits per heavy atom. The van der Waals surface area contributed by atoms with Crippen molar-refractivity contribution >= 4 is 28.8 Å². The Bertz CT molecular complexity index is 1670. The first kappa shape index (κ1) is 28.4. The maximum Gasteiger partial charge on any atom is 0.255 e. The van der Waals surface area contributed by atoms with Crippen LogP contribution in [0.2, 0.25) is 0 Å². The second-order valence-electron chi connectivity index (χ2n) is 12.0. The van der Waals surface area contributed by atoms with Crippen LogP contribution in [-0.2, 0) is 17.7 Å². The number of piperazine rings is 1. The van der Waals surface area contributed by atoms with E-state index in [4.69, 9.17) is 14.7 Å². The van der Waals surface area contributed by atoms with Crippen molar-refractivity contribution in [1.82, 2.24) is 34.8 Å². The molecule has 0 atom stereocenters. The van der Waals surface area contributed by atoms with Gasteiger partial charge in [0.15, 0.2) is 0 Å². The summed E-state index contributed by atoms with van der Waals surface area (Å²) >= 11 is 0. The van der Waals surface area contributed by atoms with Crippen molar-refractivity contribution in [3.05, 3.63) is 83.1 Å². The van der Waals surface area contributed by atoms with Gasteiger partial charge in [0.1, 0.15) is 5.82 Å². The molecule has 11 heteroatoms. The molecule has 1 aliphatic heterocycles. The fourth-order valence-corrected chi connectivity index (χ4v) is 6.42. The van der Waals surface area contributed by atoms with E-state index in [9.17, 15) is 4.79 Å². The normalized spacial score (nSPS) is 20.4. The number of nitrogens with zero attached hydrogens (tertiary/aromatic N) is 7. The highest BCUT2D eigenvalue weighted by Gasteiger charge is 2.25. The Labute approximate surface area is 257 Å². The van der Waals surface area contributed by atoms with Gasteiger partial charge in [-0.05, 0) is 67.6 Å². The molecule has 2 N–H and O–H groups in total. The first-order valence-corrected chi connectivity index (χ1v) is 15.5. The zero-order valence-electron chi connectivity index (χ0n) is 25.4. The molecule has 2 aliphatic carbocycles. The number of likely N-dealkylation sites (N-methyl/N-ethyl adjacent to an activating group) is 1. The molecule has 4 aromatic heterocycles. The van der Waals surface area contributed by atoms with Crippen molar-refractivity contribution in [2.45, 2.75) is 50.8 Å². The minimum atomic E-state index is -0.0814. The minimum absolute atomic E-state index is 0.0814. The maximum absolute atomic E-state index is 13.2. The molecule has 5 heterocycles. The van der Waals surface area contributed by atoms with E-state index in [0.717, 1.165) is 97.6 Å². The molecule has 44 heavy (non-hydrogen) atoms. The van der Waals surface area contributed by atoms with E-state index in [1.54, 1.807) is 17.8 Å². The van der Waals surface area contributed by atoms with Crippen molar-refractivity contribution in [1.29, 1.82) is 0 Å². The highest BCUT2D eigenvalue weighted by molar-refractivity contribution is 6.01. The molecule has 11 nitrogen and oxygen atoms in total. The zero-order chi connectivity index (χ0) is 30.0. The van der Waals surface area contributed by atoms with E-state index in [-0.39, 0.29) is 11.9 Å². The molecule has 3 aliphatic rings. The van der Waals surface area contributed by atoms with Crippen LogP contribution in [0.15, 0.2) is 55.1 Å². The van der Waals surface area contributed by atoms with Gasteiger partial charge in [-0.25, -0.2) is 19.5 Å². The van der Waals surface area contributed by atoms with E-state index in [1.807, 2.05) is 30.7 Å². The predicted molar refractivity (Wildman–Crippen MR) is 170 cm³/mol. The monoisotopic (exact) mass is 593 g/mol. The maximum atomic E-state index is 13.2. The lowest BCUT2D eigenvalue weighted by atomic mass is 9.93. The van der Waals surface area contributed by atoms with Crippen LogP contribution in [0, 0.1) is 0 Å². The van der Waals surface area contributed by atoms with Gasteiger partial charge in [-0.1, -0.05) is 12.1 Å². The van der Waals surface area contributed by atoms with Crippen LogP contribution >= 0.6 is 0 Å². The van der Waals surface area contributed by atoms with Crippen molar-refractivity contribution in [3.63, 3.8) is 0 Å². The number of fused-ring (bicyclic) bond motifs is 2. The summed E-state index contributed by atoms with van der Waals surface area (Å²) in [6, 6.07) is 8.44. The largest absolute Gasteiger partial charge is 0.381 e. The van der Waals surface area contributed by atoms with E-state index < -0.39 is 0 Å². The van der Waals surface area contributed by atoms with Crippen molar-refractivity contribution in [3.8, 4) is 0 Å². The Hall–Kier alpha value is -4.35. The lowest BCUT2D eigenvalue weighted by molar-refractivity contribution is 0.0599. The van der Waals surface area contributed by atoms with Crippen LogP contribution in [0.25, 0.3) is 11.1 Å². The number of pyridine rings is 2. The summed E-state index contributed by atoms with van der Waals surface area (Å²) < 4.78 is 7.23. The average Bonchev–Trinajstić information content (AvgIpc) is 3.69. The zero-order valence-corrected chi connectivity index (χ0v) is 25.4. The topological polar surface area (TPSA) is 113 Å². The van der Waals surface area contributed by atoms with Crippen LogP contribution in [0.3, 0.4) is 0 Å². The fraction of sp³-hybridized carbons (Fsp3) is 0.424. The molecule has 4 aromatic rings. The number of carbonyl (C=O) groups is 1. The third kappa shape index (κ3) is 5.89. The molecule has 0 spiro atoms. The highest BCUT2D eigenvalue weighted by atomic mass is 16.5. The number of ether oxygens (including phenoxy) is 1. The Morgan fingerprint density at radius 1 is 1.02 bits per heavy atom. The Balaban J connectivity index is 1.00. The molecule has 0 radical (unpaired) electrons. The molecule has 0 aromatic carbocycles. The van der Waals surface area contributed by atoms with Crippen molar-refractivity contribution in [2.24, 2.45) is 0 Å². The molecular weight excluding hydrogens is 554 g/mol.